The Labute approximate surface area is 183 Å². The summed E-state index contributed by atoms with van der Waals surface area (Å²) in [6, 6.07) is 15.9. The molecule has 3 atom stereocenters. The fourth-order valence-electron chi connectivity index (χ4n) is 4.94. The van der Waals surface area contributed by atoms with Crippen LogP contribution in [-0.4, -0.2) is 29.9 Å². The Hall–Kier alpha value is -2.89. The van der Waals surface area contributed by atoms with Gasteiger partial charge in [-0.3, -0.25) is 9.69 Å². The first kappa shape index (κ1) is 21.3. The number of nitrogens with one attached hydrogen (secondary N) is 1. The fourth-order valence-corrected chi connectivity index (χ4v) is 4.94. The predicted molar refractivity (Wildman–Crippen MR) is 122 cm³/mol. The van der Waals surface area contributed by atoms with Gasteiger partial charge in [-0.05, 0) is 69.7 Å². The lowest BCUT2D eigenvalue weighted by atomic mass is 9.67. The van der Waals surface area contributed by atoms with Gasteiger partial charge in [-0.15, -0.1) is 0 Å². The summed E-state index contributed by atoms with van der Waals surface area (Å²) in [5.74, 6) is 0.0717. The standard InChI is InChI=1S/C25H31FN4O/c1-24(2)22(31)30(4)23(27)29-25(24,3)20-15-19(12-13-21(20)26)28-18-11-10-17(14-18)16-8-6-5-7-9-16/h5-9,12-13,15,17-18,28H,10-11,14H2,1-4H3,(H2,27,29). The number of guanidine groups is 1. The van der Waals surface area contributed by atoms with Gasteiger partial charge < -0.3 is 11.1 Å². The molecule has 3 unspecified atom stereocenters. The molecule has 0 spiro atoms. The van der Waals surface area contributed by atoms with Crippen LogP contribution in [0.5, 0.6) is 0 Å². The molecule has 4 rings (SSSR count). The van der Waals surface area contributed by atoms with Gasteiger partial charge in [0.05, 0.1) is 5.41 Å². The second-order valence-electron chi connectivity index (χ2n) is 9.49. The van der Waals surface area contributed by atoms with Crippen molar-refractivity contribution in [2.45, 2.75) is 57.5 Å². The summed E-state index contributed by atoms with van der Waals surface area (Å²) in [5.41, 5.74) is 6.55. The lowest BCUT2D eigenvalue weighted by Gasteiger charge is -2.46. The van der Waals surface area contributed by atoms with Crippen LogP contribution in [0.3, 0.4) is 0 Å². The zero-order valence-corrected chi connectivity index (χ0v) is 18.7. The number of hydrogen-bond acceptors (Lipinski definition) is 4. The molecule has 3 N–H and O–H groups in total. The van der Waals surface area contributed by atoms with Crippen molar-refractivity contribution in [3.63, 3.8) is 0 Å². The Morgan fingerprint density at radius 1 is 1.13 bits per heavy atom. The number of nitrogens with two attached hydrogens (primary N) is 1. The number of carbonyl (C=O) groups excluding carboxylic acids is 1. The van der Waals surface area contributed by atoms with Crippen LogP contribution in [-0.2, 0) is 10.3 Å². The summed E-state index contributed by atoms with van der Waals surface area (Å²) in [6.07, 6.45) is 3.22. The van der Waals surface area contributed by atoms with E-state index in [1.165, 1.54) is 16.5 Å². The molecule has 1 aliphatic heterocycles. The highest BCUT2D eigenvalue weighted by Crippen LogP contribution is 2.48. The number of anilines is 1. The van der Waals surface area contributed by atoms with E-state index >= 15 is 4.39 Å². The number of carbonyl (C=O) groups is 1. The Morgan fingerprint density at radius 3 is 2.55 bits per heavy atom. The molecule has 0 radical (unpaired) electrons. The largest absolute Gasteiger partial charge is 0.382 e. The van der Waals surface area contributed by atoms with Gasteiger partial charge in [-0.25, -0.2) is 9.38 Å². The second kappa shape index (κ2) is 7.66. The number of benzene rings is 2. The first-order valence-electron chi connectivity index (χ1n) is 10.9. The first-order chi connectivity index (χ1) is 14.6. The van der Waals surface area contributed by atoms with E-state index in [1.807, 2.05) is 6.07 Å². The minimum atomic E-state index is -1.11. The van der Waals surface area contributed by atoms with Crippen molar-refractivity contribution < 1.29 is 9.18 Å². The summed E-state index contributed by atoms with van der Waals surface area (Å²) < 4.78 is 15.0. The van der Waals surface area contributed by atoms with Crippen LogP contribution < -0.4 is 11.1 Å². The molecule has 0 bridgehead atoms. The second-order valence-corrected chi connectivity index (χ2v) is 9.49. The van der Waals surface area contributed by atoms with Gasteiger partial charge in [0.2, 0.25) is 5.91 Å². The number of amides is 1. The number of aliphatic imine (C=N–C) groups is 1. The van der Waals surface area contributed by atoms with Crippen LogP contribution in [0.15, 0.2) is 53.5 Å². The minimum Gasteiger partial charge on any atom is -0.382 e. The molecule has 164 valence electrons. The van der Waals surface area contributed by atoms with Gasteiger partial charge in [0.1, 0.15) is 11.4 Å². The molecule has 5 nitrogen and oxygen atoms in total. The van der Waals surface area contributed by atoms with Crippen molar-refractivity contribution in [2.75, 3.05) is 12.4 Å². The molecular formula is C25H31FN4O. The third kappa shape index (κ3) is 3.58. The van der Waals surface area contributed by atoms with E-state index in [1.54, 1.807) is 40.0 Å². The summed E-state index contributed by atoms with van der Waals surface area (Å²) >= 11 is 0. The van der Waals surface area contributed by atoms with Crippen LogP contribution in [0.4, 0.5) is 10.1 Å². The third-order valence-corrected chi connectivity index (χ3v) is 7.30. The van der Waals surface area contributed by atoms with E-state index in [4.69, 9.17) is 5.73 Å². The molecule has 6 heteroatoms. The minimum absolute atomic E-state index is 0.103. The topological polar surface area (TPSA) is 70.7 Å². The summed E-state index contributed by atoms with van der Waals surface area (Å²) in [6.45, 7) is 5.37. The number of rotatable bonds is 4. The van der Waals surface area contributed by atoms with Crippen LogP contribution in [0, 0.1) is 11.2 Å². The average molecular weight is 423 g/mol. The molecule has 1 fully saturated rings. The van der Waals surface area contributed by atoms with Gasteiger partial charge in [-0.1, -0.05) is 30.3 Å². The molecule has 2 aromatic carbocycles. The normalized spacial score (nSPS) is 27.8. The van der Waals surface area contributed by atoms with Crippen LogP contribution in [0.1, 0.15) is 57.1 Å². The number of hydrogen-bond donors (Lipinski definition) is 2. The van der Waals surface area contributed by atoms with Crippen molar-refractivity contribution in [3.8, 4) is 0 Å². The predicted octanol–water partition coefficient (Wildman–Crippen LogP) is 4.60. The van der Waals surface area contributed by atoms with Crippen molar-refractivity contribution in [1.82, 2.24) is 4.90 Å². The molecule has 1 aliphatic carbocycles. The van der Waals surface area contributed by atoms with Crippen LogP contribution >= 0.6 is 0 Å². The molecular weight excluding hydrogens is 391 g/mol. The monoisotopic (exact) mass is 422 g/mol. The Kier molecular flexibility index (Phi) is 5.28. The number of halogens is 1. The quantitative estimate of drug-likeness (QED) is 0.756. The van der Waals surface area contributed by atoms with Gasteiger partial charge in [0.25, 0.3) is 0 Å². The van der Waals surface area contributed by atoms with Crippen molar-refractivity contribution in [3.05, 3.63) is 65.5 Å². The van der Waals surface area contributed by atoms with Gasteiger partial charge in [-0.2, -0.15) is 0 Å². The van der Waals surface area contributed by atoms with Crippen molar-refractivity contribution >= 4 is 17.6 Å². The first-order valence-corrected chi connectivity index (χ1v) is 10.9. The van der Waals surface area contributed by atoms with E-state index in [-0.39, 0.29) is 17.7 Å². The van der Waals surface area contributed by atoms with Gasteiger partial charge in [0, 0.05) is 24.3 Å². The van der Waals surface area contributed by atoms with E-state index in [2.05, 4.69) is 34.6 Å². The molecule has 2 aromatic rings. The van der Waals surface area contributed by atoms with Crippen LogP contribution in [0.2, 0.25) is 0 Å². The molecule has 1 amide bonds. The third-order valence-electron chi connectivity index (χ3n) is 7.30. The molecule has 0 saturated heterocycles. The van der Waals surface area contributed by atoms with Gasteiger partial charge in [0.15, 0.2) is 5.96 Å². The maximum absolute atomic E-state index is 15.0. The molecule has 1 saturated carbocycles. The molecule has 31 heavy (non-hydrogen) atoms. The SMILES string of the molecule is CN1C(=O)C(C)(C)C(C)(c2cc(NC3CCC(c4ccccc4)C3)ccc2F)N=C1N. The summed E-state index contributed by atoms with van der Waals surface area (Å²) in [5, 5.41) is 3.58. The molecule has 1 heterocycles. The van der Waals surface area contributed by atoms with Gasteiger partial charge >= 0.3 is 0 Å². The smallest absolute Gasteiger partial charge is 0.237 e. The molecule has 0 aromatic heterocycles. The highest BCUT2D eigenvalue weighted by Gasteiger charge is 2.53. The zero-order chi connectivity index (χ0) is 22.4. The summed E-state index contributed by atoms with van der Waals surface area (Å²) in [4.78, 5) is 18.8. The maximum atomic E-state index is 15.0. The average Bonchev–Trinajstić information content (AvgIpc) is 3.22. The summed E-state index contributed by atoms with van der Waals surface area (Å²) in [7, 11) is 1.60. The van der Waals surface area contributed by atoms with Crippen molar-refractivity contribution in [1.29, 1.82) is 0 Å². The highest BCUT2D eigenvalue weighted by molar-refractivity contribution is 6.01. The van der Waals surface area contributed by atoms with Crippen LogP contribution in [0.25, 0.3) is 0 Å². The zero-order valence-electron chi connectivity index (χ0n) is 18.7. The van der Waals surface area contributed by atoms with E-state index in [0.717, 1.165) is 24.9 Å². The van der Waals surface area contributed by atoms with E-state index in [9.17, 15) is 4.79 Å². The van der Waals surface area contributed by atoms with Crippen molar-refractivity contribution in [2.24, 2.45) is 16.1 Å². The lowest BCUT2D eigenvalue weighted by Crippen LogP contribution is -2.58. The molecule has 2 aliphatic rings. The Morgan fingerprint density at radius 2 is 1.84 bits per heavy atom. The Bertz CT molecular complexity index is 1020. The van der Waals surface area contributed by atoms with E-state index < -0.39 is 11.0 Å². The highest BCUT2D eigenvalue weighted by atomic mass is 19.1. The van der Waals surface area contributed by atoms with E-state index in [0.29, 0.717) is 17.5 Å². The number of nitrogens with zero attached hydrogens (tertiary/aromatic N) is 2. The lowest BCUT2D eigenvalue weighted by molar-refractivity contribution is -0.140. The Balaban J connectivity index is 1.60. The fraction of sp³-hybridized carbons (Fsp3) is 0.440. The maximum Gasteiger partial charge on any atom is 0.237 e.